The summed E-state index contributed by atoms with van der Waals surface area (Å²) in [4.78, 5) is 17.5. The summed E-state index contributed by atoms with van der Waals surface area (Å²) in [5.41, 5.74) is 1.92. The summed E-state index contributed by atoms with van der Waals surface area (Å²) in [6, 6.07) is 5.07. The molecule has 0 aliphatic rings. The highest BCUT2D eigenvalue weighted by molar-refractivity contribution is 5.95. The molecule has 172 valence electrons. The number of aliphatic hydroxyl groups excluding tert-OH is 1. The molecule has 2 aromatic heterocycles. The summed E-state index contributed by atoms with van der Waals surface area (Å²) in [7, 11) is 0. The molecule has 0 spiro atoms. The molecule has 2 N–H and O–H groups in total. The van der Waals surface area contributed by atoms with Crippen LogP contribution in [0.5, 0.6) is 5.75 Å². The van der Waals surface area contributed by atoms with Crippen LogP contribution in [-0.2, 0) is 13.0 Å². The van der Waals surface area contributed by atoms with Crippen LogP contribution in [-0.4, -0.2) is 33.0 Å². The molecule has 6 nitrogen and oxygen atoms in total. The number of fused-ring (bicyclic) bond motifs is 1. The van der Waals surface area contributed by atoms with Crippen molar-refractivity contribution in [3.8, 4) is 5.75 Å². The van der Waals surface area contributed by atoms with E-state index in [-0.39, 0.29) is 30.7 Å². The van der Waals surface area contributed by atoms with E-state index in [2.05, 4.69) is 10.3 Å². The lowest BCUT2D eigenvalue weighted by molar-refractivity contribution is 0.0905. The number of imidazole rings is 1. The Bertz CT molecular complexity index is 1080. The molecule has 1 atom stereocenters. The van der Waals surface area contributed by atoms with Gasteiger partial charge in [0.1, 0.15) is 23.9 Å². The maximum Gasteiger partial charge on any atom is 0.270 e. The average Bonchev–Trinajstić information content (AvgIpc) is 3.11. The number of aliphatic hydroxyl groups is 1. The molecular formula is C24H29F2N3O3. The summed E-state index contributed by atoms with van der Waals surface area (Å²) >= 11 is 0. The maximum atomic E-state index is 14.0. The van der Waals surface area contributed by atoms with Crippen molar-refractivity contribution in [1.82, 2.24) is 14.7 Å². The number of hydrogen-bond acceptors (Lipinski definition) is 4. The first-order chi connectivity index (χ1) is 15.4. The number of aryl methyl sites for hydroxylation is 2. The predicted molar refractivity (Wildman–Crippen MR) is 118 cm³/mol. The highest BCUT2D eigenvalue weighted by Gasteiger charge is 2.22. The number of halogens is 2. The van der Waals surface area contributed by atoms with Crippen molar-refractivity contribution in [3.63, 3.8) is 0 Å². The zero-order valence-corrected chi connectivity index (χ0v) is 18.6. The number of aromatic nitrogens is 2. The molecule has 8 heteroatoms. The number of pyridine rings is 1. The number of hydrogen-bond donors (Lipinski definition) is 2. The minimum absolute atomic E-state index is 0.149. The Kier molecular flexibility index (Phi) is 7.80. The molecule has 1 unspecified atom stereocenters. The Morgan fingerprint density at radius 3 is 2.62 bits per heavy atom. The van der Waals surface area contributed by atoms with Gasteiger partial charge in [-0.25, -0.2) is 13.8 Å². The second-order valence-electron chi connectivity index (χ2n) is 7.79. The van der Waals surface area contributed by atoms with E-state index in [1.165, 1.54) is 18.2 Å². The molecule has 0 saturated carbocycles. The monoisotopic (exact) mass is 445 g/mol. The van der Waals surface area contributed by atoms with Gasteiger partial charge in [0.25, 0.3) is 5.91 Å². The van der Waals surface area contributed by atoms with E-state index in [0.29, 0.717) is 35.6 Å². The van der Waals surface area contributed by atoms with Crippen molar-refractivity contribution in [1.29, 1.82) is 0 Å². The van der Waals surface area contributed by atoms with Gasteiger partial charge in [0.15, 0.2) is 11.4 Å². The van der Waals surface area contributed by atoms with E-state index in [4.69, 9.17) is 4.74 Å². The van der Waals surface area contributed by atoms with E-state index >= 15 is 0 Å². The van der Waals surface area contributed by atoms with Crippen LogP contribution in [0, 0.1) is 18.6 Å². The zero-order valence-electron chi connectivity index (χ0n) is 18.6. The number of benzene rings is 1. The standard InChI is InChI=1S/C24H29F2N3O3/c1-4-6-8-17(13-30)28-24(31)22-15(3)27-23-21(11-16(5-2)12-29(22)23)32-14-18-19(25)9-7-10-20(18)26/h7,9-12,17,30H,4-6,8,13-14H2,1-3H3,(H,28,31). The summed E-state index contributed by atoms with van der Waals surface area (Å²) in [6.45, 7) is 5.26. The van der Waals surface area contributed by atoms with Gasteiger partial charge in [-0.1, -0.05) is 32.8 Å². The average molecular weight is 446 g/mol. The van der Waals surface area contributed by atoms with Crippen molar-refractivity contribution in [2.24, 2.45) is 0 Å². The maximum absolute atomic E-state index is 14.0. The van der Waals surface area contributed by atoms with Gasteiger partial charge in [-0.15, -0.1) is 0 Å². The molecule has 0 aliphatic heterocycles. The van der Waals surface area contributed by atoms with Crippen LogP contribution in [0.1, 0.15) is 60.4 Å². The van der Waals surface area contributed by atoms with Crippen LogP contribution in [0.2, 0.25) is 0 Å². The van der Waals surface area contributed by atoms with Gasteiger partial charge in [-0.05, 0) is 43.5 Å². The molecule has 0 bridgehead atoms. The first kappa shape index (κ1) is 23.7. The van der Waals surface area contributed by atoms with Crippen molar-refractivity contribution in [3.05, 3.63) is 64.6 Å². The fourth-order valence-corrected chi connectivity index (χ4v) is 3.59. The SMILES string of the molecule is CCCCC(CO)NC(=O)c1c(C)nc2c(OCc3c(F)cccc3F)cc(CC)cn12. The Hall–Kier alpha value is -3.00. The largest absolute Gasteiger partial charge is 0.485 e. The fourth-order valence-electron chi connectivity index (χ4n) is 3.59. The highest BCUT2D eigenvalue weighted by Crippen LogP contribution is 2.26. The number of nitrogens with one attached hydrogen (secondary N) is 1. The summed E-state index contributed by atoms with van der Waals surface area (Å²) in [5.74, 6) is -1.38. The van der Waals surface area contributed by atoms with Crippen molar-refractivity contribution in [2.75, 3.05) is 6.61 Å². The van der Waals surface area contributed by atoms with E-state index < -0.39 is 11.6 Å². The first-order valence-electron chi connectivity index (χ1n) is 10.9. The summed E-state index contributed by atoms with van der Waals surface area (Å²) < 4.78 is 35.5. The van der Waals surface area contributed by atoms with Gasteiger partial charge >= 0.3 is 0 Å². The molecule has 0 radical (unpaired) electrons. The van der Waals surface area contributed by atoms with Crippen molar-refractivity contribution in [2.45, 2.75) is 59.1 Å². The lowest BCUT2D eigenvalue weighted by Gasteiger charge is -2.16. The number of rotatable bonds is 10. The highest BCUT2D eigenvalue weighted by atomic mass is 19.1. The molecule has 32 heavy (non-hydrogen) atoms. The molecule has 3 rings (SSSR count). The number of amides is 1. The lowest BCUT2D eigenvalue weighted by Crippen LogP contribution is -2.38. The Labute approximate surface area is 186 Å². The third kappa shape index (κ3) is 5.07. The van der Waals surface area contributed by atoms with Crippen molar-refractivity contribution < 1.29 is 23.4 Å². The quantitative estimate of drug-likeness (QED) is 0.487. The van der Waals surface area contributed by atoms with E-state index in [0.717, 1.165) is 18.4 Å². The first-order valence-corrected chi connectivity index (χ1v) is 10.9. The second kappa shape index (κ2) is 10.5. The third-order valence-electron chi connectivity index (χ3n) is 5.44. The van der Waals surface area contributed by atoms with Crippen LogP contribution in [0.25, 0.3) is 5.65 Å². The smallest absolute Gasteiger partial charge is 0.270 e. The lowest BCUT2D eigenvalue weighted by atomic mass is 10.1. The van der Waals surface area contributed by atoms with Gasteiger partial charge < -0.3 is 15.2 Å². The Morgan fingerprint density at radius 2 is 2.00 bits per heavy atom. The number of unbranched alkanes of at least 4 members (excludes halogenated alkanes) is 1. The van der Waals surface area contributed by atoms with Crippen LogP contribution in [0.15, 0.2) is 30.5 Å². The molecule has 0 aliphatic carbocycles. The van der Waals surface area contributed by atoms with Crippen LogP contribution >= 0.6 is 0 Å². The van der Waals surface area contributed by atoms with Gasteiger partial charge in [0.2, 0.25) is 0 Å². The van der Waals surface area contributed by atoms with Gasteiger partial charge in [0, 0.05) is 6.20 Å². The zero-order chi connectivity index (χ0) is 23.3. The summed E-state index contributed by atoms with van der Waals surface area (Å²) in [6.07, 6.45) is 5.00. The number of nitrogens with zero attached hydrogens (tertiary/aromatic N) is 2. The Balaban J connectivity index is 1.95. The van der Waals surface area contributed by atoms with Gasteiger partial charge in [-0.3, -0.25) is 9.20 Å². The minimum atomic E-state index is -0.686. The van der Waals surface area contributed by atoms with E-state index in [1.807, 2.05) is 13.8 Å². The molecule has 3 aromatic rings. The van der Waals surface area contributed by atoms with E-state index in [9.17, 15) is 18.7 Å². The summed E-state index contributed by atoms with van der Waals surface area (Å²) in [5, 5.41) is 12.5. The minimum Gasteiger partial charge on any atom is -0.485 e. The number of carbonyl (C=O) groups excluding carboxylic acids is 1. The molecule has 0 saturated heterocycles. The Morgan fingerprint density at radius 1 is 1.28 bits per heavy atom. The van der Waals surface area contributed by atoms with Crippen LogP contribution in [0.3, 0.4) is 0 Å². The van der Waals surface area contributed by atoms with Gasteiger partial charge in [0.05, 0.1) is 23.9 Å². The fraction of sp³-hybridized carbons (Fsp3) is 0.417. The van der Waals surface area contributed by atoms with Crippen molar-refractivity contribution >= 4 is 11.6 Å². The topological polar surface area (TPSA) is 75.9 Å². The molecular weight excluding hydrogens is 416 g/mol. The molecule has 2 heterocycles. The van der Waals surface area contributed by atoms with E-state index in [1.54, 1.807) is 23.6 Å². The predicted octanol–water partition coefficient (Wildman–Crippen LogP) is 4.34. The number of carbonyl (C=O) groups is 1. The third-order valence-corrected chi connectivity index (χ3v) is 5.44. The van der Waals surface area contributed by atoms with Crippen LogP contribution < -0.4 is 10.1 Å². The number of ether oxygens (including phenoxy) is 1. The second-order valence-corrected chi connectivity index (χ2v) is 7.79. The van der Waals surface area contributed by atoms with Crippen LogP contribution in [0.4, 0.5) is 8.78 Å². The normalized spacial score (nSPS) is 12.2. The van der Waals surface area contributed by atoms with Gasteiger partial charge in [-0.2, -0.15) is 0 Å². The molecule has 1 aromatic carbocycles. The molecule has 0 fully saturated rings. The molecule has 1 amide bonds.